The fourth-order valence-corrected chi connectivity index (χ4v) is 5.20. The zero-order valence-electron chi connectivity index (χ0n) is 15.6. The molecule has 0 fully saturated rings. The third-order valence-corrected chi connectivity index (χ3v) is 6.74. The van der Waals surface area contributed by atoms with Gasteiger partial charge in [0.1, 0.15) is 0 Å². The first-order valence-corrected chi connectivity index (χ1v) is 10.7. The van der Waals surface area contributed by atoms with E-state index in [4.69, 9.17) is 13.3 Å². The van der Waals surface area contributed by atoms with E-state index in [0.717, 1.165) is 0 Å². The average Bonchev–Trinajstić information content (AvgIpc) is 2.59. The van der Waals surface area contributed by atoms with Crippen molar-refractivity contribution in [2.45, 2.75) is 40.2 Å². The Kier molecular flexibility index (Phi) is 9.59. The van der Waals surface area contributed by atoms with Gasteiger partial charge in [-0.3, -0.25) is 9.59 Å². The van der Waals surface area contributed by atoms with Crippen LogP contribution in [-0.2, 0) is 13.3 Å². The van der Waals surface area contributed by atoms with E-state index in [0.29, 0.717) is 50.0 Å². The van der Waals surface area contributed by atoms with Crippen LogP contribution in [0.1, 0.15) is 54.8 Å². The van der Waals surface area contributed by atoms with Crippen LogP contribution in [0.4, 0.5) is 0 Å². The van der Waals surface area contributed by atoms with Crippen LogP contribution in [0.5, 0.6) is 0 Å². The summed E-state index contributed by atoms with van der Waals surface area (Å²) in [7, 11) is -2.68. The van der Waals surface area contributed by atoms with Crippen molar-refractivity contribution in [3.05, 3.63) is 35.4 Å². The standard InChI is InChI=1S/C18H29NO5Si/c1-5-22-25(23-6-2,24-7-3)14-10-13-19-18(21)17-12-9-8-11-16(17)15(4)20/h8-9,11-12H,5-7,10,13-14H2,1-4H3,(H,19,21). The largest absolute Gasteiger partial charge is 0.500 e. The van der Waals surface area contributed by atoms with Gasteiger partial charge in [-0.15, -0.1) is 0 Å². The molecule has 0 spiro atoms. The van der Waals surface area contributed by atoms with Gasteiger partial charge < -0.3 is 18.6 Å². The van der Waals surface area contributed by atoms with Crippen LogP contribution in [0.15, 0.2) is 24.3 Å². The molecule has 0 aliphatic heterocycles. The number of ketones is 1. The first-order valence-electron chi connectivity index (χ1n) is 8.79. The highest BCUT2D eigenvalue weighted by atomic mass is 28.4. The van der Waals surface area contributed by atoms with Crippen LogP contribution < -0.4 is 5.32 Å². The van der Waals surface area contributed by atoms with Crippen LogP contribution in [-0.4, -0.2) is 46.9 Å². The highest BCUT2D eigenvalue weighted by Crippen LogP contribution is 2.18. The van der Waals surface area contributed by atoms with E-state index >= 15 is 0 Å². The summed E-state index contributed by atoms with van der Waals surface area (Å²) in [6.07, 6.45) is 0.681. The fraction of sp³-hybridized carbons (Fsp3) is 0.556. The van der Waals surface area contributed by atoms with E-state index in [2.05, 4.69) is 5.32 Å². The van der Waals surface area contributed by atoms with Crippen molar-refractivity contribution >= 4 is 20.5 Å². The number of amides is 1. The van der Waals surface area contributed by atoms with Gasteiger partial charge in [-0.05, 0) is 40.2 Å². The lowest BCUT2D eigenvalue weighted by atomic mass is 10.0. The molecular weight excluding hydrogens is 338 g/mol. The molecule has 1 rings (SSSR count). The summed E-state index contributed by atoms with van der Waals surface area (Å²) in [6.45, 7) is 9.27. The van der Waals surface area contributed by atoms with E-state index < -0.39 is 8.80 Å². The van der Waals surface area contributed by atoms with Crippen molar-refractivity contribution in [2.75, 3.05) is 26.4 Å². The Morgan fingerprint density at radius 1 is 0.960 bits per heavy atom. The molecule has 7 heteroatoms. The maximum atomic E-state index is 12.3. The molecule has 25 heavy (non-hydrogen) atoms. The summed E-state index contributed by atoms with van der Waals surface area (Å²) in [6, 6.07) is 7.45. The summed E-state index contributed by atoms with van der Waals surface area (Å²) in [5.74, 6) is -0.372. The molecule has 140 valence electrons. The lowest BCUT2D eigenvalue weighted by molar-refractivity contribution is 0.0704. The van der Waals surface area contributed by atoms with Crippen molar-refractivity contribution < 1.29 is 22.9 Å². The second-order valence-corrected chi connectivity index (χ2v) is 8.18. The Morgan fingerprint density at radius 3 is 1.96 bits per heavy atom. The molecule has 0 heterocycles. The minimum absolute atomic E-state index is 0.124. The van der Waals surface area contributed by atoms with Gasteiger partial charge in [-0.1, -0.05) is 18.2 Å². The maximum absolute atomic E-state index is 12.3. The van der Waals surface area contributed by atoms with Crippen LogP contribution >= 0.6 is 0 Å². The summed E-state index contributed by atoms with van der Waals surface area (Å²) < 4.78 is 17.4. The van der Waals surface area contributed by atoms with Gasteiger partial charge in [0.15, 0.2) is 5.78 Å². The fourth-order valence-electron chi connectivity index (χ4n) is 2.59. The second-order valence-electron chi connectivity index (χ2n) is 5.44. The number of nitrogens with one attached hydrogen (secondary N) is 1. The number of rotatable bonds is 12. The van der Waals surface area contributed by atoms with Crippen LogP contribution in [0.2, 0.25) is 6.04 Å². The van der Waals surface area contributed by atoms with Crippen LogP contribution in [0, 0.1) is 0 Å². The lowest BCUT2D eigenvalue weighted by Crippen LogP contribution is -2.46. The number of Topliss-reactive ketones (excluding diaryl/α,β-unsaturated/α-hetero) is 1. The quantitative estimate of drug-likeness (QED) is 0.349. The SMILES string of the molecule is CCO[Si](CCCNC(=O)c1ccccc1C(C)=O)(OCC)OCC. The molecule has 1 amide bonds. The van der Waals surface area contributed by atoms with Crippen molar-refractivity contribution in [2.24, 2.45) is 0 Å². The Morgan fingerprint density at radius 2 is 1.48 bits per heavy atom. The van der Waals surface area contributed by atoms with E-state index in [1.807, 2.05) is 20.8 Å². The monoisotopic (exact) mass is 367 g/mol. The molecule has 0 radical (unpaired) electrons. The molecule has 1 aromatic carbocycles. The number of hydrogen-bond donors (Lipinski definition) is 1. The van der Waals surface area contributed by atoms with Crippen molar-refractivity contribution in [1.29, 1.82) is 0 Å². The molecule has 0 saturated carbocycles. The lowest BCUT2D eigenvalue weighted by Gasteiger charge is -2.28. The van der Waals surface area contributed by atoms with E-state index in [9.17, 15) is 9.59 Å². The van der Waals surface area contributed by atoms with Gasteiger partial charge in [0.25, 0.3) is 5.91 Å². The van der Waals surface area contributed by atoms with Gasteiger partial charge >= 0.3 is 8.80 Å². The van der Waals surface area contributed by atoms with Crippen LogP contribution in [0.3, 0.4) is 0 Å². The molecule has 0 aromatic heterocycles. The molecule has 6 nitrogen and oxygen atoms in total. The Balaban J connectivity index is 2.61. The minimum Gasteiger partial charge on any atom is -0.374 e. The number of carbonyl (C=O) groups excluding carboxylic acids is 2. The first-order chi connectivity index (χ1) is 12.0. The summed E-state index contributed by atoms with van der Waals surface area (Å²) in [5, 5.41) is 2.86. The van der Waals surface area contributed by atoms with Crippen molar-refractivity contribution in [3.63, 3.8) is 0 Å². The molecule has 1 aromatic rings. The number of carbonyl (C=O) groups is 2. The van der Waals surface area contributed by atoms with Gasteiger partial charge in [0, 0.05) is 38.0 Å². The van der Waals surface area contributed by atoms with E-state index in [1.165, 1.54) is 6.92 Å². The first kappa shape index (κ1) is 21.5. The van der Waals surface area contributed by atoms with E-state index in [-0.39, 0.29) is 11.7 Å². The Bertz CT molecular complexity index is 547. The average molecular weight is 368 g/mol. The third kappa shape index (κ3) is 6.70. The molecule has 0 bridgehead atoms. The predicted octanol–water partition coefficient (Wildman–Crippen LogP) is 3.06. The molecule has 1 N–H and O–H groups in total. The second kappa shape index (κ2) is 11.1. The van der Waals surface area contributed by atoms with Crippen molar-refractivity contribution in [1.82, 2.24) is 5.32 Å². The minimum atomic E-state index is -2.68. The summed E-state index contributed by atoms with van der Waals surface area (Å²) in [5.41, 5.74) is 0.833. The Hall–Kier alpha value is -1.54. The molecule has 0 saturated heterocycles. The zero-order valence-corrected chi connectivity index (χ0v) is 16.6. The van der Waals surface area contributed by atoms with Gasteiger partial charge in [-0.2, -0.15) is 0 Å². The highest BCUT2D eigenvalue weighted by Gasteiger charge is 2.39. The molecule has 0 atom stereocenters. The highest BCUT2D eigenvalue weighted by molar-refractivity contribution is 6.60. The number of hydrogen-bond acceptors (Lipinski definition) is 5. The van der Waals surface area contributed by atoms with Gasteiger partial charge in [-0.25, -0.2) is 0 Å². The van der Waals surface area contributed by atoms with Crippen molar-refractivity contribution in [3.8, 4) is 0 Å². The van der Waals surface area contributed by atoms with Gasteiger partial charge in [0.05, 0.1) is 5.56 Å². The van der Waals surface area contributed by atoms with Gasteiger partial charge in [0.2, 0.25) is 0 Å². The maximum Gasteiger partial charge on any atom is 0.500 e. The van der Waals surface area contributed by atoms with Crippen LogP contribution in [0.25, 0.3) is 0 Å². The Labute approximate surface area is 151 Å². The zero-order chi connectivity index (χ0) is 18.7. The molecule has 0 aliphatic carbocycles. The third-order valence-electron chi connectivity index (χ3n) is 3.59. The summed E-state index contributed by atoms with van der Waals surface area (Å²) in [4.78, 5) is 23.9. The molecule has 0 aliphatic rings. The number of benzene rings is 1. The topological polar surface area (TPSA) is 73.9 Å². The van der Waals surface area contributed by atoms with E-state index in [1.54, 1.807) is 24.3 Å². The summed E-state index contributed by atoms with van der Waals surface area (Å²) >= 11 is 0. The predicted molar refractivity (Wildman–Crippen MR) is 98.8 cm³/mol. The smallest absolute Gasteiger partial charge is 0.374 e. The normalized spacial score (nSPS) is 11.4. The molecular formula is C18H29NO5Si. The molecule has 0 unspecified atom stereocenters.